The molecule has 0 aromatic carbocycles. The summed E-state index contributed by atoms with van der Waals surface area (Å²) >= 11 is 0. The average molecular weight is 272 g/mol. The number of nitrogens with zero attached hydrogens (tertiary/aromatic N) is 1. The molecule has 0 aromatic rings. The molecule has 0 aliphatic rings. The summed E-state index contributed by atoms with van der Waals surface area (Å²) in [7, 11) is 0. The molecule has 1 atom stereocenters. The first kappa shape index (κ1) is 17.7. The van der Waals surface area contributed by atoms with Gasteiger partial charge in [0.15, 0.2) is 0 Å². The number of rotatable bonds is 8. The van der Waals surface area contributed by atoms with Gasteiger partial charge in [0, 0.05) is 19.1 Å². The monoisotopic (exact) mass is 272 g/mol. The van der Waals surface area contributed by atoms with Gasteiger partial charge in [-0.05, 0) is 33.6 Å². The van der Waals surface area contributed by atoms with E-state index in [1.807, 2.05) is 13.8 Å². The zero-order valence-corrected chi connectivity index (χ0v) is 12.8. The number of carbonyl (C=O) groups excluding carboxylic acids is 1. The summed E-state index contributed by atoms with van der Waals surface area (Å²) in [4.78, 5) is 24.9. The summed E-state index contributed by atoms with van der Waals surface area (Å²) < 4.78 is 0. The zero-order valence-electron chi connectivity index (χ0n) is 12.8. The molecule has 112 valence electrons. The number of hydrogen-bond acceptors (Lipinski definition) is 2. The third-order valence-electron chi connectivity index (χ3n) is 3.40. The Morgan fingerprint density at radius 1 is 1.32 bits per heavy atom. The lowest BCUT2D eigenvalue weighted by Gasteiger charge is -2.30. The molecule has 0 rings (SSSR count). The lowest BCUT2D eigenvalue weighted by Crippen LogP contribution is -2.48. The third-order valence-corrected chi connectivity index (χ3v) is 3.40. The molecular formula is C14H28N2O3. The molecule has 0 spiro atoms. The van der Waals surface area contributed by atoms with Gasteiger partial charge in [0.05, 0.1) is 5.41 Å². The molecule has 5 nitrogen and oxygen atoms in total. The van der Waals surface area contributed by atoms with Crippen molar-refractivity contribution in [2.75, 3.05) is 13.1 Å². The predicted molar refractivity (Wildman–Crippen MR) is 76.2 cm³/mol. The number of aliphatic carboxylic acids is 1. The fourth-order valence-electron chi connectivity index (χ4n) is 1.54. The maximum absolute atomic E-state index is 12.1. The van der Waals surface area contributed by atoms with Gasteiger partial charge in [-0.15, -0.1) is 0 Å². The Morgan fingerprint density at radius 3 is 2.32 bits per heavy atom. The van der Waals surface area contributed by atoms with Crippen molar-refractivity contribution < 1.29 is 14.7 Å². The van der Waals surface area contributed by atoms with E-state index < -0.39 is 11.4 Å². The molecular weight excluding hydrogens is 244 g/mol. The van der Waals surface area contributed by atoms with Gasteiger partial charge in [-0.2, -0.15) is 0 Å². The predicted octanol–water partition coefficient (Wildman–Crippen LogP) is 2.71. The summed E-state index contributed by atoms with van der Waals surface area (Å²) in [6.45, 7) is 10.2. The van der Waals surface area contributed by atoms with Gasteiger partial charge in [0.1, 0.15) is 0 Å². The lowest BCUT2D eigenvalue weighted by atomic mass is 9.94. The highest BCUT2D eigenvalue weighted by atomic mass is 16.4. The fraction of sp³-hybridized carbons (Fsp3) is 0.857. The molecule has 0 saturated carbocycles. The van der Waals surface area contributed by atoms with E-state index in [0.29, 0.717) is 6.54 Å². The van der Waals surface area contributed by atoms with Crippen LogP contribution in [0, 0.1) is 5.41 Å². The lowest BCUT2D eigenvalue weighted by molar-refractivity contribution is -0.146. The Balaban J connectivity index is 4.52. The van der Waals surface area contributed by atoms with Crippen LogP contribution in [0.1, 0.15) is 53.9 Å². The van der Waals surface area contributed by atoms with Gasteiger partial charge in [0.2, 0.25) is 0 Å². The van der Waals surface area contributed by atoms with Gasteiger partial charge >= 0.3 is 12.0 Å². The SMILES string of the molecule is CCCCN(C(=O)NCC(C)(C)C(=O)O)C(C)CC. The van der Waals surface area contributed by atoms with E-state index in [1.54, 1.807) is 18.7 Å². The van der Waals surface area contributed by atoms with E-state index >= 15 is 0 Å². The molecule has 0 bridgehead atoms. The second-order valence-electron chi connectivity index (χ2n) is 5.65. The van der Waals surface area contributed by atoms with Crippen molar-refractivity contribution >= 4 is 12.0 Å². The highest BCUT2D eigenvalue weighted by Crippen LogP contribution is 2.14. The number of carbonyl (C=O) groups is 2. The molecule has 5 heteroatoms. The molecule has 0 aliphatic heterocycles. The van der Waals surface area contributed by atoms with Crippen molar-refractivity contribution in [3.63, 3.8) is 0 Å². The van der Waals surface area contributed by atoms with Gasteiger partial charge < -0.3 is 15.3 Å². The Morgan fingerprint density at radius 2 is 1.89 bits per heavy atom. The molecule has 2 N–H and O–H groups in total. The number of nitrogens with one attached hydrogen (secondary N) is 1. The average Bonchev–Trinajstić information content (AvgIpc) is 2.36. The number of carboxylic acid groups (broad SMARTS) is 1. The van der Waals surface area contributed by atoms with Gasteiger partial charge in [-0.25, -0.2) is 4.79 Å². The molecule has 0 heterocycles. The number of carboxylic acids is 1. The molecule has 0 radical (unpaired) electrons. The normalized spacial score (nSPS) is 12.9. The van der Waals surface area contributed by atoms with E-state index in [0.717, 1.165) is 19.3 Å². The Kier molecular flexibility index (Phi) is 7.49. The van der Waals surface area contributed by atoms with Gasteiger partial charge in [-0.3, -0.25) is 4.79 Å². The summed E-state index contributed by atoms with van der Waals surface area (Å²) in [5, 5.41) is 11.8. The van der Waals surface area contributed by atoms with Crippen molar-refractivity contribution in [3.05, 3.63) is 0 Å². The number of unbranched alkanes of at least 4 members (excludes halogenated alkanes) is 1. The Labute approximate surface area is 116 Å². The number of amides is 2. The van der Waals surface area contributed by atoms with E-state index in [9.17, 15) is 9.59 Å². The first-order valence-electron chi connectivity index (χ1n) is 7.04. The summed E-state index contributed by atoms with van der Waals surface area (Å²) in [6.07, 6.45) is 2.88. The number of urea groups is 1. The van der Waals surface area contributed by atoms with Crippen molar-refractivity contribution in [2.45, 2.75) is 59.9 Å². The molecule has 1 unspecified atom stereocenters. The van der Waals surface area contributed by atoms with Gasteiger partial charge in [-0.1, -0.05) is 20.3 Å². The van der Waals surface area contributed by atoms with Crippen LogP contribution < -0.4 is 5.32 Å². The third kappa shape index (κ3) is 5.94. The van der Waals surface area contributed by atoms with Crippen molar-refractivity contribution in [2.24, 2.45) is 5.41 Å². The Bertz CT molecular complexity index is 303. The molecule has 2 amide bonds. The van der Waals surface area contributed by atoms with Crippen LogP contribution in [0.25, 0.3) is 0 Å². The minimum Gasteiger partial charge on any atom is -0.481 e. The van der Waals surface area contributed by atoms with Crippen LogP contribution in [0.5, 0.6) is 0 Å². The zero-order chi connectivity index (χ0) is 15.1. The first-order valence-corrected chi connectivity index (χ1v) is 7.04. The van der Waals surface area contributed by atoms with Crippen molar-refractivity contribution in [1.29, 1.82) is 0 Å². The minimum atomic E-state index is -0.943. The minimum absolute atomic E-state index is 0.139. The van der Waals surface area contributed by atoms with Crippen LogP contribution in [0.2, 0.25) is 0 Å². The van der Waals surface area contributed by atoms with Crippen LogP contribution in [0.3, 0.4) is 0 Å². The highest BCUT2D eigenvalue weighted by molar-refractivity contribution is 5.77. The fourth-order valence-corrected chi connectivity index (χ4v) is 1.54. The van der Waals surface area contributed by atoms with Crippen LogP contribution in [-0.2, 0) is 4.79 Å². The Hall–Kier alpha value is -1.26. The quantitative estimate of drug-likeness (QED) is 0.713. The molecule has 19 heavy (non-hydrogen) atoms. The second kappa shape index (κ2) is 8.02. The van der Waals surface area contributed by atoms with E-state index in [-0.39, 0.29) is 18.6 Å². The van der Waals surface area contributed by atoms with Crippen LogP contribution in [0.15, 0.2) is 0 Å². The highest BCUT2D eigenvalue weighted by Gasteiger charge is 2.29. The molecule has 0 fully saturated rings. The van der Waals surface area contributed by atoms with Crippen molar-refractivity contribution in [3.8, 4) is 0 Å². The molecule has 0 aromatic heterocycles. The smallest absolute Gasteiger partial charge is 0.317 e. The largest absolute Gasteiger partial charge is 0.481 e. The first-order chi connectivity index (χ1) is 8.76. The van der Waals surface area contributed by atoms with E-state index in [1.165, 1.54) is 0 Å². The summed E-state index contributed by atoms with van der Waals surface area (Å²) in [5.74, 6) is -0.906. The van der Waals surface area contributed by atoms with Crippen LogP contribution in [-0.4, -0.2) is 41.1 Å². The molecule has 0 saturated heterocycles. The standard InChI is InChI=1S/C14H28N2O3/c1-6-8-9-16(11(3)7-2)13(19)15-10-14(4,5)12(17)18/h11H,6-10H2,1-5H3,(H,15,19)(H,17,18). The topological polar surface area (TPSA) is 69.6 Å². The van der Waals surface area contributed by atoms with Crippen molar-refractivity contribution in [1.82, 2.24) is 10.2 Å². The maximum Gasteiger partial charge on any atom is 0.317 e. The van der Waals surface area contributed by atoms with E-state index in [2.05, 4.69) is 12.2 Å². The van der Waals surface area contributed by atoms with E-state index in [4.69, 9.17) is 5.11 Å². The maximum atomic E-state index is 12.1. The summed E-state index contributed by atoms with van der Waals surface area (Å²) in [6, 6.07) is -0.00313. The second-order valence-corrected chi connectivity index (χ2v) is 5.65. The molecule has 0 aliphatic carbocycles. The van der Waals surface area contributed by atoms with Crippen LogP contribution >= 0.6 is 0 Å². The number of hydrogen-bond donors (Lipinski definition) is 2. The summed E-state index contributed by atoms with van der Waals surface area (Å²) in [5.41, 5.74) is -0.943. The van der Waals surface area contributed by atoms with Gasteiger partial charge in [0.25, 0.3) is 0 Å². The van der Waals surface area contributed by atoms with Crippen LogP contribution in [0.4, 0.5) is 4.79 Å².